The molecule has 7 heteroatoms. The first-order chi connectivity index (χ1) is 15.0. The number of anilines is 1. The van der Waals surface area contributed by atoms with Gasteiger partial charge in [-0.15, -0.1) is 0 Å². The predicted octanol–water partition coefficient (Wildman–Crippen LogP) is 4.94. The van der Waals surface area contributed by atoms with Gasteiger partial charge in [0.1, 0.15) is 5.75 Å². The first-order valence-corrected chi connectivity index (χ1v) is 11.4. The molecule has 2 amide bonds. The molecule has 0 radical (unpaired) electrons. The van der Waals surface area contributed by atoms with E-state index in [-0.39, 0.29) is 24.3 Å². The maximum atomic E-state index is 13.3. The van der Waals surface area contributed by atoms with Gasteiger partial charge in [-0.2, -0.15) is 0 Å². The molecule has 4 rings (SSSR count). The van der Waals surface area contributed by atoms with Crippen molar-refractivity contribution in [2.75, 3.05) is 19.0 Å². The van der Waals surface area contributed by atoms with E-state index in [9.17, 15) is 9.59 Å². The fourth-order valence-corrected chi connectivity index (χ4v) is 5.08. The summed E-state index contributed by atoms with van der Waals surface area (Å²) in [5, 5.41) is 3.55. The zero-order valence-electron chi connectivity index (χ0n) is 18.1. The van der Waals surface area contributed by atoms with Crippen LogP contribution in [0.15, 0.2) is 42.5 Å². The van der Waals surface area contributed by atoms with Crippen LogP contribution in [0, 0.1) is 12.8 Å². The molecule has 1 aliphatic rings. The molecule has 1 saturated heterocycles. The molecule has 2 unspecified atom stereocenters. The van der Waals surface area contributed by atoms with Gasteiger partial charge in [0.15, 0.2) is 5.13 Å². The maximum absolute atomic E-state index is 13.3. The lowest BCUT2D eigenvalue weighted by atomic mass is 9.92. The number of benzene rings is 2. The number of nitrogens with zero attached hydrogens (tertiary/aromatic N) is 2. The third-order valence-corrected chi connectivity index (χ3v) is 6.69. The summed E-state index contributed by atoms with van der Waals surface area (Å²) in [6, 6.07) is 13.4. The number of methoxy groups -OCH3 is 1. The molecule has 0 bridgehead atoms. The lowest BCUT2D eigenvalue weighted by Gasteiger charge is -2.28. The third-order valence-electron chi connectivity index (χ3n) is 5.75. The van der Waals surface area contributed by atoms with Crippen molar-refractivity contribution in [3.63, 3.8) is 0 Å². The average Bonchev–Trinajstić information content (AvgIpc) is 3.31. The molecule has 0 spiro atoms. The highest BCUT2D eigenvalue weighted by atomic mass is 32.1. The molecule has 2 heterocycles. The second-order valence-corrected chi connectivity index (χ2v) is 8.98. The Morgan fingerprint density at radius 2 is 2.03 bits per heavy atom. The number of hydrogen-bond acceptors (Lipinski definition) is 5. The lowest BCUT2D eigenvalue weighted by Crippen LogP contribution is -2.33. The Morgan fingerprint density at radius 3 is 2.74 bits per heavy atom. The van der Waals surface area contributed by atoms with Crippen LogP contribution in [0.5, 0.6) is 5.75 Å². The van der Waals surface area contributed by atoms with Crippen molar-refractivity contribution in [3.05, 3.63) is 53.6 Å². The molecule has 1 aliphatic heterocycles. The summed E-state index contributed by atoms with van der Waals surface area (Å²) in [5.41, 5.74) is 2.97. The van der Waals surface area contributed by atoms with Crippen LogP contribution in [0.2, 0.25) is 0 Å². The van der Waals surface area contributed by atoms with E-state index in [4.69, 9.17) is 4.74 Å². The minimum Gasteiger partial charge on any atom is -0.497 e. The van der Waals surface area contributed by atoms with E-state index in [0.717, 1.165) is 39.9 Å². The number of unbranched alkanes of at least 4 members (excludes halogenated alkanes) is 1. The highest BCUT2D eigenvalue weighted by Crippen LogP contribution is 2.40. The number of nitrogens with one attached hydrogen (secondary N) is 1. The van der Waals surface area contributed by atoms with Gasteiger partial charge < -0.3 is 15.0 Å². The van der Waals surface area contributed by atoms with Crippen molar-refractivity contribution in [1.82, 2.24) is 9.88 Å². The summed E-state index contributed by atoms with van der Waals surface area (Å²) < 4.78 is 6.30. The highest BCUT2D eigenvalue weighted by Gasteiger charge is 2.44. The lowest BCUT2D eigenvalue weighted by molar-refractivity contribution is -0.129. The molecule has 1 N–H and O–H groups in total. The van der Waals surface area contributed by atoms with E-state index in [2.05, 4.69) is 23.3 Å². The summed E-state index contributed by atoms with van der Waals surface area (Å²) in [6.45, 7) is 4.78. The summed E-state index contributed by atoms with van der Waals surface area (Å²) in [6.07, 6.45) is 2.10. The standard InChI is InChI=1S/C24H27N3O3S/c1-4-5-12-27-21(28)14-18(22(27)16-7-9-17(30-3)10-8-16)23(29)26-24-25-19-11-6-15(2)13-20(19)31-24/h6-11,13,18,22H,4-5,12,14H2,1-3H3,(H,25,26,29). The molecular formula is C24H27N3O3S. The van der Waals surface area contributed by atoms with E-state index in [1.54, 1.807) is 7.11 Å². The Morgan fingerprint density at radius 1 is 1.26 bits per heavy atom. The average molecular weight is 438 g/mol. The van der Waals surface area contributed by atoms with E-state index < -0.39 is 5.92 Å². The molecule has 0 aliphatic carbocycles. The summed E-state index contributed by atoms with van der Waals surface area (Å²) in [7, 11) is 1.62. The molecule has 2 aromatic carbocycles. The van der Waals surface area contributed by atoms with E-state index in [0.29, 0.717) is 11.7 Å². The number of thiazole rings is 1. The molecule has 3 aromatic rings. The molecule has 1 aromatic heterocycles. The van der Waals surface area contributed by atoms with Crippen LogP contribution in [0.4, 0.5) is 5.13 Å². The second-order valence-electron chi connectivity index (χ2n) is 7.95. The molecule has 2 atom stereocenters. The van der Waals surface area contributed by atoms with Crippen LogP contribution < -0.4 is 10.1 Å². The smallest absolute Gasteiger partial charge is 0.232 e. The number of carbonyl (C=O) groups excluding carboxylic acids is 2. The first-order valence-electron chi connectivity index (χ1n) is 10.6. The number of amides is 2. The third kappa shape index (κ3) is 4.42. The monoisotopic (exact) mass is 437 g/mol. The largest absolute Gasteiger partial charge is 0.497 e. The number of carbonyl (C=O) groups is 2. The normalized spacial score (nSPS) is 18.5. The fraction of sp³-hybridized carbons (Fsp3) is 0.375. The van der Waals surface area contributed by atoms with Crippen LogP contribution >= 0.6 is 11.3 Å². The maximum Gasteiger partial charge on any atom is 0.232 e. The van der Waals surface area contributed by atoms with Gasteiger partial charge in [-0.3, -0.25) is 9.59 Å². The van der Waals surface area contributed by atoms with Gasteiger partial charge in [0.2, 0.25) is 11.8 Å². The number of fused-ring (bicyclic) bond motifs is 1. The molecule has 1 fully saturated rings. The molecule has 31 heavy (non-hydrogen) atoms. The van der Waals surface area contributed by atoms with Gasteiger partial charge in [-0.05, 0) is 48.7 Å². The number of aromatic nitrogens is 1. The van der Waals surface area contributed by atoms with Crippen LogP contribution in [-0.2, 0) is 9.59 Å². The first kappa shape index (κ1) is 21.3. The second kappa shape index (κ2) is 9.06. The number of likely N-dealkylation sites (tertiary alicyclic amines) is 1. The van der Waals surface area contributed by atoms with Crippen molar-refractivity contribution < 1.29 is 14.3 Å². The van der Waals surface area contributed by atoms with Crippen LogP contribution in [0.25, 0.3) is 10.2 Å². The van der Waals surface area contributed by atoms with Crippen molar-refractivity contribution in [2.45, 2.75) is 39.2 Å². The Bertz CT molecular complexity index is 1090. The Kier molecular flexibility index (Phi) is 6.23. The van der Waals surface area contributed by atoms with Gasteiger partial charge in [0.05, 0.1) is 29.3 Å². The number of ether oxygens (including phenoxy) is 1. The zero-order valence-corrected chi connectivity index (χ0v) is 18.9. The van der Waals surface area contributed by atoms with Crippen molar-refractivity contribution in [2.24, 2.45) is 5.92 Å². The summed E-state index contributed by atoms with van der Waals surface area (Å²) in [4.78, 5) is 32.5. The highest BCUT2D eigenvalue weighted by molar-refractivity contribution is 7.22. The predicted molar refractivity (Wildman–Crippen MR) is 123 cm³/mol. The topological polar surface area (TPSA) is 71.5 Å². The quantitative estimate of drug-likeness (QED) is 0.568. The summed E-state index contributed by atoms with van der Waals surface area (Å²) in [5.74, 6) is 0.142. The van der Waals surface area contributed by atoms with E-state index in [1.807, 2.05) is 48.2 Å². The van der Waals surface area contributed by atoms with E-state index in [1.165, 1.54) is 11.3 Å². The van der Waals surface area contributed by atoms with Crippen LogP contribution in [-0.4, -0.2) is 35.4 Å². The van der Waals surface area contributed by atoms with Gasteiger partial charge in [-0.25, -0.2) is 4.98 Å². The number of aryl methyl sites for hydroxylation is 1. The molecule has 0 saturated carbocycles. The Labute approximate surface area is 186 Å². The molecular weight excluding hydrogens is 410 g/mol. The molecule has 162 valence electrons. The zero-order chi connectivity index (χ0) is 22.0. The SMILES string of the molecule is CCCCN1C(=O)CC(C(=O)Nc2nc3ccc(C)cc3s2)C1c1ccc(OC)cc1. The van der Waals surface area contributed by atoms with Crippen LogP contribution in [0.1, 0.15) is 43.4 Å². The molecule has 6 nitrogen and oxygen atoms in total. The van der Waals surface area contributed by atoms with Crippen molar-refractivity contribution in [1.29, 1.82) is 0 Å². The van der Waals surface area contributed by atoms with Crippen molar-refractivity contribution in [3.8, 4) is 5.75 Å². The van der Waals surface area contributed by atoms with E-state index >= 15 is 0 Å². The van der Waals surface area contributed by atoms with Crippen LogP contribution in [0.3, 0.4) is 0 Å². The fourth-order valence-electron chi connectivity index (χ4n) is 4.11. The number of hydrogen-bond donors (Lipinski definition) is 1. The minimum atomic E-state index is -0.466. The summed E-state index contributed by atoms with van der Waals surface area (Å²) >= 11 is 1.46. The van der Waals surface area contributed by atoms with Gasteiger partial charge >= 0.3 is 0 Å². The number of rotatable bonds is 7. The van der Waals surface area contributed by atoms with Gasteiger partial charge in [0, 0.05) is 13.0 Å². The van der Waals surface area contributed by atoms with Gasteiger partial charge in [-0.1, -0.05) is 42.9 Å². The minimum absolute atomic E-state index is 0.0225. The van der Waals surface area contributed by atoms with Gasteiger partial charge in [0.25, 0.3) is 0 Å². The Balaban J connectivity index is 1.61. The van der Waals surface area contributed by atoms with Crippen molar-refractivity contribution >= 4 is 38.5 Å². The Hall–Kier alpha value is -2.93.